The summed E-state index contributed by atoms with van der Waals surface area (Å²) >= 11 is 0. The largest absolute Gasteiger partial charge is 0.349 e. The van der Waals surface area contributed by atoms with Gasteiger partial charge in [0.25, 0.3) is 0 Å². The first-order valence-electron chi connectivity index (χ1n) is 4.74. The number of carbonyl (C=O) groups excluding carboxylic acids is 2. The molecule has 2 aliphatic rings. The number of ketones is 1. The zero-order chi connectivity index (χ0) is 9.69. The van der Waals surface area contributed by atoms with Gasteiger partial charge in [0.1, 0.15) is 0 Å². The van der Waals surface area contributed by atoms with E-state index in [4.69, 9.17) is 0 Å². The molecule has 3 heteroatoms. The molecule has 2 rings (SSSR count). The second kappa shape index (κ2) is 2.34. The van der Waals surface area contributed by atoms with E-state index < -0.39 is 0 Å². The van der Waals surface area contributed by atoms with Gasteiger partial charge in [-0.3, -0.25) is 9.59 Å². The minimum atomic E-state index is -0.334. The highest BCUT2D eigenvalue weighted by molar-refractivity contribution is 5.97. The minimum Gasteiger partial charge on any atom is -0.349 e. The van der Waals surface area contributed by atoms with Crippen molar-refractivity contribution in [3.05, 3.63) is 0 Å². The number of hydrogen-bond acceptors (Lipinski definition) is 2. The predicted octanol–water partition coefficient (Wildman–Crippen LogP) is 0.882. The van der Waals surface area contributed by atoms with Crippen LogP contribution in [-0.4, -0.2) is 18.2 Å². The Labute approximate surface area is 77.9 Å². The highest BCUT2D eigenvalue weighted by atomic mass is 16.2. The van der Waals surface area contributed by atoms with Crippen LogP contribution in [0.15, 0.2) is 0 Å². The lowest BCUT2D eigenvalue weighted by atomic mass is 9.51. The van der Waals surface area contributed by atoms with Crippen molar-refractivity contribution in [3.63, 3.8) is 0 Å². The van der Waals surface area contributed by atoms with E-state index in [-0.39, 0.29) is 29.1 Å². The standard InChI is InChI=1S/C10H15NO2/c1-9(2)5-10(6-9)3-7(12)4-11-8(10)13/h3-6H2,1-2H3,(H,11,13). The van der Waals surface area contributed by atoms with E-state index in [9.17, 15) is 9.59 Å². The Morgan fingerprint density at radius 2 is 1.85 bits per heavy atom. The fourth-order valence-electron chi connectivity index (χ4n) is 2.95. The number of carbonyl (C=O) groups is 2. The number of piperidine rings is 1. The summed E-state index contributed by atoms with van der Waals surface area (Å²) in [5.74, 6) is 0.265. The van der Waals surface area contributed by atoms with Crippen LogP contribution >= 0.6 is 0 Å². The minimum absolute atomic E-state index is 0.0893. The monoisotopic (exact) mass is 181 g/mol. The maximum absolute atomic E-state index is 11.6. The van der Waals surface area contributed by atoms with Gasteiger partial charge in [-0.05, 0) is 18.3 Å². The summed E-state index contributed by atoms with van der Waals surface area (Å²) < 4.78 is 0. The lowest BCUT2D eigenvalue weighted by molar-refractivity contribution is -0.154. The van der Waals surface area contributed by atoms with Gasteiger partial charge in [-0.2, -0.15) is 0 Å². The van der Waals surface area contributed by atoms with Gasteiger partial charge in [0.15, 0.2) is 5.78 Å². The Bertz CT molecular complexity index is 273. The molecule has 0 aromatic carbocycles. The van der Waals surface area contributed by atoms with Gasteiger partial charge in [-0.15, -0.1) is 0 Å². The molecule has 1 saturated carbocycles. The maximum Gasteiger partial charge on any atom is 0.227 e. The van der Waals surface area contributed by atoms with Gasteiger partial charge in [-0.1, -0.05) is 13.8 Å². The molecule has 1 saturated heterocycles. The summed E-state index contributed by atoms with van der Waals surface area (Å²) in [5, 5.41) is 2.67. The van der Waals surface area contributed by atoms with E-state index >= 15 is 0 Å². The van der Waals surface area contributed by atoms with Crippen molar-refractivity contribution in [1.29, 1.82) is 0 Å². The molecule has 1 spiro atoms. The fraction of sp³-hybridized carbons (Fsp3) is 0.800. The zero-order valence-corrected chi connectivity index (χ0v) is 8.14. The Balaban J connectivity index is 2.14. The van der Waals surface area contributed by atoms with Crippen LogP contribution in [0.4, 0.5) is 0 Å². The van der Waals surface area contributed by atoms with E-state index in [1.807, 2.05) is 0 Å². The molecule has 3 nitrogen and oxygen atoms in total. The molecule has 1 aliphatic heterocycles. The average Bonchev–Trinajstić information content (AvgIpc) is 1.93. The van der Waals surface area contributed by atoms with Crippen LogP contribution < -0.4 is 5.32 Å². The third kappa shape index (κ3) is 1.26. The zero-order valence-electron chi connectivity index (χ0n) is 8.14. The molecule has 0 radical (unpaired) electrons. The smallest absolute Gasteiger partial charge is 0.227 e. The van der Waals surface area contributed by atoms with Crippen molar-refractivity contribution >= 4 is 11.7 Å². The Hall–Kier alpha value is -0.860. The normalized spacial score (nSPS) is 29.7. The predicted molar refractivity (Wildman–Crippen MR) is 48.1 cm³/mol. The number of hydrogen-bond donors (Lipinski definition) is 1. The Morgan fingerprint density at radius 1 is 1.23 bits per heavy atom. The summed E-state index contributed by atoms with van der Waals surface area (Å²) in [6, 6.07) is 0. The molecule has 1 heterocycles. The van der Waals surface area contributed by atoms with Gasteiger partial charge in [0, 0.05) is 6.42 Å². The van der Waals surface area contributed by atoms with Gasteiger partial charge >= 0.3 is 0 Å². The molecule has 0 unspecified atom stereocenters. The van der Waals surface area contributed by atoms with Gasteiger partial charge in [0.05, 0.1) is 12.0 Å². The molecule has 1 amide bonds. The molecule has 0 aromatic rings. The van der Waals surface area contributed by atoms with Crippen molar-refractivity contribution in [1.82, 2.24) is 5.32 Å². The van der Waals surface area contributed by atoms with Crippen LogP contribution in [0.1, 0.15) is 33.1 Å². The van der Waals surface area contributed by atoms with Crippen molar-refractivity contribution < 1.29 is 9.59 Å². The molecule has 0 atom stereocenters. The third-order valence-electron chi connectivity index (χ3n) is 3.10. The molecule has 0 aromatic heterocycles. The van der Waals surface area contributed by atoms with Crippen LogP contribution in [0.25, 0.3) is 0 Å². The van der Waals surface area contributed by atoms with Crippen LogP contribution in [0.2, 0.25) is 0 Å². The SMILES string of the molecule is CC1(C)CC2(CC(=O)CNC2=O)C1. The second-order valence-electron chi connectivity index (χ2n) is 5.20. The maximum atomic E-state index is 11.6. The highest BCUT2D eigenvalue weighted by Gasteiger charge is 2.56. The lowest BCUT2D eigenvalue weighted by Crippen LogP contribution is -2.58. The van der Waals surface area contributed by atoms with Crippen LogP contribution in [-0.2, 0) is 9.59 Å². The van der Waals surface area contributed by atoms with Crippen LogP contribution in [0.3, 0.4) is 0 Å². The summed E-state index contributed by atoms with van der Waals surface area (Å²) in [5.41, 5.74) is -0.0895. The lowest BCUT2D eigenvalue weighted by Gasteiger charge is -2.53. The molecule has 72 valence electrons. The molecule has 1 N–H and O–H groups in total. The molecular formula is C10H15NO2. The topological polar surface area (TPSA) is 46.2 Å². The number of nitrogens with one attached hydrogen (secondary N) is 1. The first-order valence-corrected chi connectivity index (χ1v) is 4.74. The van der Waals surface area contributed by atoms with E-state index in [0.717, 1.165) is 12.8 Å². The van der Waals surface area contributed by atoms with Crippen LogP contribution in [0.5, 0.6) is 0 Å². The summed E-state index contributed by atoms with van der Waals surface area (Å²) in [7, 11) is 0. The average molecular weight is 181 g/mol. The Kier molecular flexibility index (Phi) is 1.57. The number of Topliss-reactive ketones (excluding diaryl/α,β-unsaturated/α-hetero) is 1. The third-order valence-corrected chi connectivity index (χ3v) is 3.10. The molecule has 0 bridgehead atoms. The van der Waals surface area contributed by atoms with E-state index in [1.165, 1.54) is 0 Å². The number of amides is 1. The molecule has 13 heavy (non-hydrogen) atoms. The highest BCUT2D eigenvalue weighted by Crippen LogP contribution is 2.56. The van der Waals surface area contributed by atoms with Crippen molar-refractivity contribution in [3.8, 4) is 0 Å². The quantitative estimate of drug-likeness (QED) is 0.603. The fourth-order valence-corrected chi connectivity index (χ4v) is 2.95. The molecule has 1 aliphatic carbocycles. The molecular weight excluding hydrogens is 166 g/mol. The summed E-state index contributed by atoms with van der Waals surface area (Å²) in [6.07, 6.45) is 2.18. The number of rotatable bonds is 0. The van der Waals surface area contributed by atoms with Crippen molar-refractivity contribution in [2.45, 2.75) is 33.1 Å². The van der Waals surface area contributed by atoms with Gasteiger partial charge < -0.3 is 5.32 Å². The van der Waals surface area contributed by atoms with Crippen molar-refractivity contribution in [2.75, 3.05) is 6.54 Å². The second-order valence-corrected chi connectivity index (χ2v) is 5.20. The van der Waals surface area contributed by atoms with Gasteiger partial charge in [-0.25, -0.2) is 0 Å². The first-order chi connectivity index (χ1) is 5.94. The first kappa shape index (κ1) is 8.73. The summed E-state index contributed by atoms with van der Waals surface area (Å²) in [6.45, 7) is 4.52. The Morgan fingerprint density at radius 3 is 2.38 bits per heavy atom. The summed E-state index contributed by atoms with van der Waals surface area (Å²) in [4.78, 5) is 22.8. The van der Waals surface area contributed by atoms with Crippen molar-refractivity contribution in [2.24, 2.45) is 10.8 Å². The van der Waals surface area contributed by atoms with E-state index in [0.29, 0.717) is 6.42 Å². The molecule has 2 fully saturated rings. The van der Waals surface area contributed by atoms with E-state index in [2.05, 4.69) is 19.2 Å². The van der Waals surface area contributed by atoms with Crippen LogP contribution in [0, 0.1) is 10.8 Å². The van der Waals surface area contributed by atoms with Gasteiger partial charge in [0.2, 0.25) is 5.91 Å². The van der Waals surface area contributed by atoms with E-state index in [1.54, 1.807) is 0 Å².